The first kappa shape index (κ1) is 15.6. The quantitative estimate of drug-likeness (QED) is 0.901. The van der Waals surface area contributed by atoms with Gasteiger partial charge in [-0.1, -0.05) is 29.3 Å². The third-order valence-electron chi connectivity index (χ3n) is 3.37. The van der Waals surface area contributed by atoms with Crippen LogP contribution in [-0.2, 0) is 4.79 Å². The minimum Gasteiger partial charge on any atom is -0.322 e. The summed E-state index contributed by atoms with van der Waals surface area (Å²) in [5.41, 5.74) is 1.39. The molecule has 0 unspecified atom stereocenters. The molecule has 0 aromatic heterocycles. The van der Waals surface area contributed by atoms with Gasteiger partial charge in [-0.3, -0.25) is 9.69 Å². The number of rotatable bonds is 3. The number of amides is 1. The van der Waals surface area contributed by atoms with Gasteiger partial charge in [-0.25, -0.2) is 0 Å². The minimum atomic E-state index is -0.0894. The van der Waals surface area contributed by atoms with Crippen LogP contribution in [0.5, 0.6) is 0 Å². The molecule has 0 radical (unpaired) electrons. The summed E-state index contributed by atoms with van der Waals surface area (Å²) in [6.45, 7) is 6.98. The van der Waals surface area contributed by atoms with E-state index in [0.29, 0.717) is 28.3 Å². The molecule has 1 atom stereocenters. The molecule has 1 amide bonds. The van der Waals surface area contributed by atoms with Crippen molar-refractivity contribution in [3.63, 3.8) is 0 Å². The molecule has 2 N–H and O–H groups in total. The van der Waals surface area contributed by atoms with E-state index in [0.717, 1.165) is 25.2 Å². The highest BCUT2D eigenvalue weighted by molar-refractivity contribution is 6.40. The summed E-state index contributed by atoms with van der Waals surface area (Å²) in [4.78, 5) is 14.2. The number of nitrogens with one attached hydrogen (secondary N) is 2. The maximum Gasteiger partial charge on any atom is 0.238 e. The predicted octanol–water partition coefficient (Wildman–Crippen LogP) is 2.53. The van der Waals surface area contributed by atoms with Crippen molar-refractivity contribution >= 4 is 34.8 Å². The molecule has 1 fully saturated rings. The van der Waals surface area contributed by atoms with Gasteiger partial charge in [0.2, 0.25) is 5.91 Å². The minimum absolute atomic E-state index is 0.0894. The summed E-state index contributed by atoms with van der Waals surface area (Å²) in [5, 5.41) is 7.12. The van der Waals surface area contributed by atoms with Crippen LogP contribution in [0.15, 0.2) is 12.1 Å². The number of hydrogen-bond donors (Lipinski definition) is 2. The standard InChI is InChI=1S/C14H19Cl2N3O/c1-9-3-4-11(15)14(13(9)16)18-12(20)8-19-6-5-17-10(2)7-19/h3-4,10,17H,5-8H2,1-2H3,(H,18,20)/t10-/m1/s1. The first-order valence-electron chi connectivity index (χ1n) is 6.67. The number of aryl methyl sites for hydroxylation is 1. The lowest BCUT2D eigenvalue weighted by Gasteiger charge is -2.31. The first-order valence-corrected chi connectivity index (χ1v) is 7.43. The topological polar surface area (TPSA) is 44.4 Å². The second-order valence-corrected chi connectivity index (χ2v) is 5.98. The molecule has 20 heavy (non-hydrogen) atoms. The molecule has 1 saturated heterocycles. The van der Waals surface area contributed by atoms with Gasteiger partial charge in [0, 0.05) is 25.7 Å². The van der Waals surface area contributed by atoms with E-state index in [4.69, 9.17) is 23.2 Å². The van der Waals surface area contributed by atoms with Crippen LogP contribution in [0.25, 0.3) is 0 Å². The molecular formula is C14H19Cl2N3O. The SMILES string of the molecule is Cc1ccc(Cl)c(NC(=O)CN2CCN[C@H](C)C2)c1Cl. The predicted molar refractivity (Wildman–Crippen MR) is 83.7 cm³/mol. The van der Waals surface area contributed by atoms with Crippen LogP contribution < -0.4 is 10.6 Å². The number of benzene rings is 1. The molecule has 1 heterocycles. The van der Waals surface area contributed by atoms with E-state index < -0.39 is 0 Å². The molecule has 0 saturated carbocycles. The molecule has 0 bridgehead atoms. The highest BCUT2D eigenvalue weighted by Crippen LogP contribution is 2.32. The fourth-order valence-electron chi connectivity index (χ4n) is 2.31. The lowest BCUT2D eigenvalue weighted by Crippen LogP contribution is -2.51. The van der Waals surface area contributed by atoms with E-state index >= 15 is 0 Å². The third kappa shape index (κ3) is 3.85. The molecule has 2 rings (SSSR count). The zero-order chi connectivity index (χ0) is 14.7. The van der Waals surface area contributed by atoms with Gasteiger partial charge in [-0.15, -0.1) is 0 Å². The van der Waals surface area contributed by atoms with Crippen molar-refractivity contribution in [1.29, 1.82) is 0 Å². The van der Waals surface area contributed by atoms with Crippen molar-refractivity contribution in [3.05, 3.63) is 27.7 Å². The largest absolute Gasteiger partial charge is 0.322 e. The van der Waals surface area contributed by atoms with E-state index in [-0.39, 0.29) is 5.91 Å². The Kier molecular flexibility index (Phi) is 5.27. The molecule has 1 aliphatic rings. The summed E-state index contributed by atoms with van der Waals surface area (Å²) in [7, 11) is 0. The maximum atomic E-state index is 12.1. The Labute approximate surface area is 129 Å². The van der Waals surface area contributed by atoms with Crippen molar-refractivity contribution in [2.24, 2.45) is 0 Å². The summed E-state index contributed by atoms with van der Waals surface area (Å²) < 4.78 is 0. The Morgan fingerprint density at radius 1 is 1.50 bits per heavy atom. The Hall–Kier alpha value is -0.810. The van der Waals surface area contributed by atoms with Gasteiger partial charge >= 0.3 is 0 Å². The van der Waals surface area contributed by atoms with Crippen LogP contribution in [0, 0.1) is 6.92 Å². The van der Waals surface area contributed by atoms with Crippen LogP contribution in [0.4, 0.5) is 5.69 Å². The molecule has 6 heteroatoms. The number of halogens is 2. The van der Waals surface area contributed by atoms with E-state index in [2.05, 4.69) is 22.5 Å². The fraction of sp³-hybridized carbons (Fsp3) is 0.500. The van der Waals surface area contributed by atoms with Gasteiger partial charge in [-0.05, 0) is 25.5 Å². The number of anilines is 1. The average Bonchev–Trinajstić information content (AvgIpc) is 2.39. The second kappa shape index (κ2) is 6.76. The van der Waals surface area contributed by atoms with Crippen LogP contribution >= 0.6 is 23.2 Å². The molecule has 0 spiro atoms. The van der Waals surface area contributed by atoms with Crippen molar-refractivity contribution < 1.29 is 4.79 Å². The van der Waals surface area contributed by atoms with E-state index in [9.17, 15) is 4.79 Å². The average molecular weight is 316 g/mol. The van der Waals surface area contributed by atoms with E-state index in [1.165, 1.54) is 0 Å². The Morgan fingerprint density at radius 2 is 2.25 bits per heavy atom. The lowest BCUT2D eigenvalue weighted by atomic mass is 10.2. The summed E-state index contributed by atoms with van der Waals surface area (Å²) in [6, 6.07) is 3.98. The van der Waals surface area contributed by atoms with Gasteiger partial charge < -0.3 is 10.6 Å². The van der Waals surface area contributed by atoms with Crippen LogP contribution in [0.1, 0.15) is 12.5 Å². The molecule has 1 aromatic carbocycles. The molecule has 1 aliphatic heterocycles. The molecule has 110 valence electrons. The Morgan fingerprint density at radius 3 is 2.95 bits per heavy atom. The van der Waals surface area contributed by atoms with Crippen LogP contribution in [0.2, 0.25) is 10.0 Å². The van der Waals surface area contributed by atoms with Crippen molar-refractivity contribution in [2.75, 3.05) is 31.5 Å². The Bertz CT molecular complexity index is 507. The molecular weight excluding hydrogens is 297 g/mol. The summed E-state index contributed by atoms with van der Waals surface area (Å²) >= 11 is 12.3. The second-order valence-electron chi connectivity index (χ2n) is 5.19. The van der Waals surface area contributed by atoms with Crippen LogP contribution in [0.3, 0.4) is 0 Å². The number of carbonyl (C=O) groups is 1. The zero-order valence-corrected chi connectivity index (χ0v) is 13.2. The van der Waals surface area contributed by atoms with Gasteiger partial charge in [-0.2, -0.15) is 0 Å². The number of nitrogens with zero attached hydrogens (tertiary/aromatic N) is 1. The van der Waals surface area contributed by atoms with Crippen molar-refractivity contribution in [1.82, 2.24) is 10.2 Å². The Balaban J connectivity index is 2.00. The first-order chi connectivity index (χ1) is 9.47. The monoisotopic (exact) mass is 315 g/mol. The number of carbonyl (C=O) groups excluding carboxylic acids is 1. The van der Waals surface area contributed by atoms with Crippen molar-refractivity contribution in [2.45, 2.75) is 19.9 Å². The van der Waals surface area contributed by atoms with Gasteiger partial charge in [0.05, 0.1) is 22.3 Å². The molecule has 4 nitrogen and oxygen atoms in total. The van der Waals surface area contributed by atoms with E-state index in [1.807, 2.05) is 13.0 Å². The highest BCUT2D eigenvalue weighted by atomic mass is 35.5. The summed E-state index contributed by atoms with van der Waals surface area (Å²) in [6.07, 6.45) is 0. The van der Waals surface area contributed by atoms with Gasteiger partial charge in [0.25, 0.3) is 0 Å². The van der Waals surface area contributed by atoms with Crippen molar-refractivity contribution in [3.8, 4) is 0 Å². The zero-order valence-electron chi connectivity index (χ0n) is 11.7. The lowest BCUT2D eigenvalue weighted by molar-refractivity contribution is -0.117. The molecule has 1 aromatic rings. The van der Waals surface area contributed by atoms with Gasteiger partial charge in [0.15, 0.2) is 0 Å². The van der Waals surface area contributed by atoms with E-state index in [1.54, 1.807) is 6.07 Å². The number of piperazine rings is 1. The summed E-state index contributed by atoms with van der Waals surface area (Å²) in [5.74, 6) is -0.0894. The highest BCUT2D eigenvalue weighted by Gasteiger charge is 2.19. The maximum absolute atomic E-state index is 12.1. The third-order valence-corrected chi connectivity index (χ3v) is 4.17. The molecule has 0 aliphatic carbocycles. The fourth-order valence-corrected chi connectivity index (χ4v) is 2.77. The number of hydrogen-bond acceptors (Lipinski definition) is 3. The van der Waals surface area contributed by atoms with Gasteiger partial charge in [0.1, 0.15) is 0 Å². The van der Waals surface area contributed by atoms with Crippen LogP contribution in [-0.4, -0.2) is 43.0 Å². The normalized spacial score (nSPS) is 19.9. The smallest absolute Gasteiger partial charge is 0.238 e.